The van der Waals surface area contributed by atoms with Crippen LogP contribution in [0.5, 0.6) is 5.75 Å². The topological polar surface area (TPSA) is 43.4 Å². The van der Waals surface area contributed by atoms with Crippen molar-refractivity contribution < 1.29 is 12.6 Å². The maximum Gasteiger partial charge on any atom is 0.306 e. The van der Waals surface area contributed by atoms with E-state index in [4.69, 9.17) is 4.18 Å². The predicted octanol–water partition coefficient (Wildman–Crippen LogP) is 5.54. The van der Waals surface area contributed by atoms with Crippen LogP contribution in [0.15, 0.2) is 36.4 Å². The van der Waals surface area contributed by atoms with E-state index in [1.807, 2.05) is 18.2 Å². The highest BCUT2D eigenvalue weighted by Gasteiger charge is 2.23. The third-order valence-corrected chi connectivity index (χ3v) is 5.24. The second-order valence-electron chi connectivity index (χ2n) is 6.52. The SMILES string of the molecule is CC(C)c1ccc(OS(C)(=O)=O)c(C(C)C)c1-c1ccccc1I. The number of halogens is 1. The van der Waals surface area contributed by atoms with Crippen LogP contribution in [0.4, 0.5) is 0 Å². The molecule has 24 heavy (non-hydrogen) atoms. The van der Waals surface area contributed by atoms with Gasteiger partial charge < -0.3 is 4.18 Å². The van der Waals surface area contributed by atoms with Crippen LogP contribution >= 0.6 is 22.6 Å². The van der Waals surface area contributed by atoms with Crippen molar-refractivity contribution in [1.82, 2.24) is 0 Å². The lowest BCUT2D eigenvalue weighted by atomic mass is 9.84. The predicted molar refractivity (Wildman–Crippen MR) is 108 cm³/mol. The zero-order valence-electron chi connectivity index (χ0n) is 14.6. The molecule has 0 bridgehead atoms. The van der Waals surface area contributed by atoms with Gasteiger partial charge in [0, 0.05) is 9.13 Å². The maximum atomic E-state index is 11.7. The van der Waals surface area contributed by atoms with Gasteiger partial charge >= 0.3 is 10.1 Å². The molecule has 5 heteroatoms. The second-order valence-corrected chi connectivity index (χ2v) is 9.26. The first kappa shape index (κ1) is 19.2. The molecule has 3 nitrogen and oxygen atoms in total. The van der Waals surface area contributed by atoms with E-state index in [9.17, 15) is 8.42 Å². The Morgan fingerprint density at radius 3 is 2.08 bits per heavy atom. The summed E-state index contributed by atoms with van der Waals surface area (Å²) in [7, 11) is -3.58. The molecule has 2 aromatic rings. The molecule has 0 radical (unpaired) electrons. The molecule has 0 unspecified atom stereocenters. The fraction of sp³-hybridized carbons (Fsp3) is 0.368. The fourth-order valence-electron chi connectivity index (χ4n) is 2.87. The van der Waals surface area contributed by atoms with Gasteiger partial charge in [0.15, 0.2) is 0 Å². The van der Waals surface area contributed by atoms with E-state index in [1.54, 1.807) is 6.07 Å². The monoisotopic (exact) mass is 458 g/mol. The average molecular weight is 458 g/mol. The lowest BCUT2D eigenvalue weighted by Gasteiger charge is -2.23. The van der Waals surface area contributed by atoms with Crippen molar-refractivity contribution >= 4 is 32.7 Å². The van der Waals surface area contributed by atoms with Crippen molar-refractivity contribution in [2.75, 3.05) is 6.26 Å². The quantitative estimate of drug-likeness (QED) is 0.436. The molecule has 0 aromatic heterocycles. The maximum absolute atomic E-state index is 11.7. The summed E-state index contributed by atoms with van der Waals surface area (Å²) in [5.41, 5.74) is 4.34. The van der Waals surface area contributed by atoms with Gasteiger partial charge in [-0.25, -0.2) is 0 Å². The third-order valence-electron chi connectivity index (χ3n) is 3.82. The molecule has 0 aliphatic carbocycles. The van der Waals surface area contributed by atoms with Crippen LogP contribution in [-0.2, 0) is 10.1 Å². The molecule has 130 valence electrons. The molecule has 0 saturated carbocycles. The van der Waals surface area contributed by atoms with E-state index in [0.717, 1.165) is 26.5 Å². The Balaban J connectivity index is 2.87. The minimum absolute atomic E-state index is 0.131. The Morgan fingerprint density at radius 1 is 0.958 bits per heavy atom. The molecule has 0 N–H and O–H groups in total. The van der Waals surface area contributed by atoms with E-state index in [0.29, 0.717) is 11.7 Å². The minimum atomic E-state index is -3.58. The largest absolute Gasteiger partial charge is 0.382 e. The fourth-order valence-corrected chi connectivity index (χ4v) is 4.00. The molecule has 0 atom stereocenters. The van der Waals surface area contributed by atoms with Gasteiger partial charge in [-0.1, -0.05) is 52.0 Å². The summed E-state index contributed by atoms with van der Waals surface area (Å²) in [6.07, 6.45) is 1.08. The summed E-state index contributed by atoms with van der Waals surface area (Å²) in [4.78, 5) is 0. The molecule has 2 rings (SSSR count). The Hall–Kier alpha value is -1.08. The Morgan fingerprint density at radius 2 is 1.58 bits per heavy atom. The van der Waals surface area contributed by atoms with Crippen LogP contribution in [0.1, 0.15) is 50.7 Å². The van der Waals surface area contributed by atoms with Crippen molar-refractivity contribution in [2.24, 2.45) is 0 Å². The minimum Gasteiger partial charge on any atom is -0.382 e. The molecule has 0 heterocycles. The first-order valence-electron chi connectivity index (χ1n) is 7.93. The van der Waals surface area contributed by atoms with E-state index in [1.165, 1.54) is 5.56 Å². The number of hydrogen-bond donors (Lipinski definition) is 0. The summed E-state index contributed by atoms with van der Waals surface area (Å²) >= 11 is 2.32. The van der Waals surface area contributed by atoms with E-state index in [-0.39, 0.29) is 5.92 Å². The summed E-state index contributed by atoms with van der Waals surface area (Å²) < 4.78 is 29.8. The van der Waals surface area contributed by atoms with Gasteiger partial charge in [0.05, 0.1) is 6.26 Å². The van der Waals surface area contributed by atoms with Crippen molar-refractivity contribution in [3.8, 4) is 16.9 Å². The summed E-state index contributed by atoms with van der Waals surface area (Å²) in [5, 5.41) is 0. The molecule has 2 aromatic carbocycles. The van der Waals surface area contributed by atoms with Gasteiger partial charge in [-0.2, -0.15) is 8.42 Å². The van der Waals surface area contributed by atoms with Gasteiger partial charge in [-0.15, -0.1) is 0 Å². The van der Waals surface area contributed by atoms with Gasteiger partial charge in [-0.3, -0.25) is 0 Å². The second kappa shape index (κ2) is 7.44. The van der Waals surface area contributed by atoms with Gasteiger partial charge in [0.25, 0.3) is 0 Å². The van der Waals surface area contributed by atoms with E-state index in [2.05, 4.69) is 62.4 Å². The highest BCUT2D eigenvalue weighted by Crippen LogP contribution is 2.43. The van der Waals surface area contributed by atoms with E-state index >= 15 is 0 Å². The van der Waals surface area contributed by atoms with Crippen LogP contribution in [0.2, 0.25) is 0 Å². The molecular formula is C19H23IO3S. The lowest BCUT2D eigenvalue weighted by molar-refractivity contribution is 0.488. The first-order chi connectivity index (χ1) is 11.1. The highest BCUT2D eigenvalue weighted by molar-refractivity contribution is 14.1. The average Bonchev–Trinajstić information content (AvgIpc) is 2.45. The molecule has 0 spiro atoms. The van der Waals surface area contributed by atoms with Crippen LogP contribution in [0.3, 0.4) is 0 Å². The molecule has 0 aliphatic heterocycles. The van der Waals surface area contributed by atoms with Crippen molar-refractivity contribution in [3.05, 3.63) is 51.1 Å². The zero-order valence-corrected chi connectivity index (χ0v) is 17.6. The molecule has 0 amide bonds. The summed E-state index contributed by atoms with van der Waals surface area (Å²) in [6.45, 7) is 8.42. The number of hydrogen-bond acceptors (Lipinski definition) is 3. The van der Waals surface area contributed by atoms with E-state index < -0.39 is 10.1 Å². The Kier molecular flexibility index (Phi) is 5.96. The summed E-state index contributed by atoms with van der Waals surface area (Å²) in [6, 6.07) is 11.9. The zero-order chi connectivity index (χ0) is 18.1. The highest BCUT2D eigenvalue weighted by atomic mass is 127. The van der Waals surface area contributed by atoms with Gasteiger partial charge in [0.2, 0.25) is 0 Å². The van der Waals surface area contributed by atoms with Crippen molar-refractivity contribution in [2.45, 2.75) is 39.5 Å². The molecule has 0 aliphatic rings. The van der Waals surface area contributed by atoms with Crippen LogP contribution < -0.4 is 4.18 Å². The van der Waals surface area contributed by atoms with Gasteiger partial charge in [0.1, 0.15) is 5.75 Å². The Bertz CT molecular complexity index is 840. The molecule has 0 saturated heterocycles. The van der Waals surface area contributed by atoms with Crippen molar-refractivity contribution in [3.63, 3.8) is 0 Å². The number of rotatable bonds is 5. The number of benzene rings is 2. The molecule has 0 fully saturated rings. The third kappa shape index (κ3) is 4.30. The van der Waals surface area contributed by atoms with Crippen molar-refractivity contribution in [1.29, 1.82) is 0 Å². The normalized spacial score (nSPS) is 12.0. The van der Waals surface area contributed by atoms with Crippen LogP contribution in [0, 0.1) is 3.57 Å². The smallest absolute Gasteiger partial charge is 0.306 e. The Labute approximate surface area is 158 Å². The van der Waals surface area contributed by atoms with Crippen LogP contribution in [0.25, 0.3) is 11.1 Å². The molecular weight excluding hydrogens is 435 g/mol. The first-order valence-corrected chi connectivity index (χ1v) is 10.8. The van der Waals surface area contributed by atoms with Crippen LogP contribution in [-0.4, -0.2) is 14.7 Å². The lowest BCUT2D eigenvalue weighted by Crippen LogP contribution is -2.10. The summed E-state index contributed by atoms with van der Waals surface area (Å²) in [5.74, 6) is 0.874. The van der Waals surface area contributed by atoms with Gasteiger partial charge in [-0.05, 0) is 63.2 Å². The standard InChI is InChI=1S/C19H23IO3S/c1-12(2)14-10-11-17(23-24(5,21)22)18(13(3)4)19(14)15-8-6-7-9-16(15)20/h6-13H,1-5H3.